The van der Waals surface area contributed by atoms with Crippen LogP contribution in [0.2, 0.25) is 0 Å². The van der Waals surface area contributed by atoms with Gasteiger partial charge in [-0.3, -0.25) is 13.2 Å². The minimum atomic E-state index is -4.62. The lowest BCUT2D eigenvalue weighted by atomic mass is 10.5. The van der Waals surface area contributed by atoms with Crippen molar-refractivity contribution < 1.29 is 145 Å². The van der Waals surface area contributed by atoms with Gasteiger partial charge in [0.25, 0.3) is 0 Å². The average molecular weight is 1020 g/mol. The lowest BCUT2D eigenvalue weighted by molar-refractivity contribution is -0.167. The van der Waals surface area contributed by atoms with Gasteiger partial charge in [0.15, 0.2) is 6.67 Å². The van der Waals surface area contributed by atoms with Crippen molar-refractivity contribution in [2.45, 2.75) is 106 Å². The Morgan fingerprint density at radius 3 is 0.361 bits per heavy atom. The summed E-state index contributed by atoms with van der Waals surface area (Å²) in [6.45, 7) is -7.22. The minimum absolute atomic E-state index is 0. The summed E-state index contributed by atoms with van der Waals surface area (Å²) >= 11 is 0. The standard InChI is InChI=1S/C3H5F3.C2H2F4.3C2H5F.2CH2F2O.4CH2F2.4CH3FO.8CH4/c1-2-3(4,5)6;3-1-2(4,5)6;3*1-2-3;2*2-1-4-3;4*2-1-3;4*1-3-2;;;;;;;;/h2H2,1H3;1H2;3*2H2,1H3;2*1H2;4*1H2;4*1H3;8*1H4. The molecule has 0 saturated carbocycles. The number of rotatable bonds is 2. The molecule has 412 valence electrons. The summed E-state index contributed by atoms with van der Waals surface area (Å²) in [6.07, 6.45) is -9.31. The first-order valence-corrected chi connectivity index (χ1v) is 11.5. The second-order valence-electron chi connectivity index (χ2n) is 3.98. The van der Waals surface area contributed by atoms with E-state index in [0.717, 1.165) is 35.4 Å². The summed E-state index contributed by atoms with van der Waals surface area (Å²) in [5.74, 6) is 0. The van der Waals surface area contributed by atoms with Gasteiger partial charge in [0, 0.05) is 6.42 Å². The molecule has 0 aliphatic carbocycles. The molecule has 0 aromatic rings. The normalized spacial score (nSPS) is 6.59. The van der Waals surface area contributed by atoms with Gasteiger partial charge in [0.2, 0.25) is 41.4 Å². The van der Waals surface area contributed by atoms with Crippen molar-refractivity contribution in [3.63, 3.8) is 0 Å². The van der Waals surface area contributed by atoms with Gasteiger partial charge < -0.3 is 0 Å². The predicted octanol–water partition coefficient (Wildman–Crippen LogP) is 18.7. The quantitative estimate of drug-likeness (QED) is 0.257. The van der Waals surface area contributed by atoms with Crippen molar-refractivity contribution in [3.05, 3.63) is 0 Å². The molecule has 0 aliphatic rings. The van der Waals surface area contributed by atoms with Crippen LogP contribution >= 0.6 is 0 Å². The fraction of sp³-hybridized carbons (Fsp3) is 1.00. The molecule has 0 rings (SSSR count). The molecular weight excluding hydrogens is 938 g/mol. The molecule has 0 aromatic carbocycles. The van der Waals surface area contributed by atoms with Crippen molar-refractivity contribution in [2.24, 2.45) is 0 Å². The van der Waals surface area contributed by atoms with Crippen LogP contribution in [-0.4, -0.2) is 109 Å². The van der Waals surface area contributed by atoms with E-state index >= 15 is 0 Å². The molecule has 61 heavy (non-hydrogen) atoms. The van der Waals surface area contributed by atoms with Crippen molar-refractivity contribution in [1.29, 1.82) is 0 Å². The van der Waals surface area contributed by atoms with E-state index < -0.39 is 66.9 Å². The molecular formula is C29H78F26O6. The SMILES string of the molecule is C.C.C.C.C.C.C.C.CCC(F)(F)F.CCF.CCF.CCF.COF.COF.COF.COF.FCC(F)(F)F.FCF.FCF.FCF.FCF.FCOF.FCOF. The highest BCUT2D eigenvalue weighted by molar-refractivity contribution is 4.40. The van der Waals surface area contributed by atoms with Gasteiger partial charge in [-0.15, -0.1) is 0 Å². The molecule has 0 heterocycles. The van der Waals surface area contributed by atoms with E-state index in [1.165, 1.54) is 20.8 Å². The van der Waals surface area contributed by atoms with E-state index in [0.29, 0.717) is 0 Å². The smallest absolute Gasteiger partial charge is 0.251 e. The van der Waals surface area contributed by atoms with Gasteiger partial charge in [-0.1, -0.05) is 66.3 Å². The minimum Gasteiger partial charge on any atom is -0.251 e. The first-order chi connectivity index (χ1) is 24.5. The van der Waals surface area contributed by atoms with Gasteiger partial charge in [-0.05, 0) is 47.9 Å². The fourth-order valence-corrected chi connectivity index (χ4v) is 0. The third kappa shape index (κ3) is 5140. The number of halogens is 26. The van der Waals surface area contributed by atoms with Crippen LogP contribution in [0.25, 0.3) is 0 Å². The molecule has 0 radical (unpaired) electrons. The summed E-state index contributed by atoms with van der Waals surface area (Å²) in [4.78, 5) is 15.8. The second-order valence-corrected chi connectivity index (χ2v) is 3.98. The Hall–Kier alpha value is -2.06. The zero-order chi connectivity index (χ0) is 47.0. The molecule has 0 saturated heterocycles. The zero-order valence-corrected chi connectivity index (χ0v) is 29.1. The van der Waals surface area contributed by atoms with Crippen molar-refractivity contribution in [2.75, 3.05) is 96.6 Å². The maximum atomic E-state index is 10.8. The van der Waals surface area contributed by atoms with E-state index in [1.807, 2.05) is 0 Å². The van der Waals surface area contributed by atoms with E-state index in [4.69, 9.17) is 0 Å². The maximum Gasteiger partial charge on any atom is 0.416 e. The van der Waals surface area contributed by atoms with Crippen LogP contribution in [0.5, 0.6) is 0 Å². The van der Waals surface area contributed by atoms with Gasteiger partial charge in [-0.2, -0.15) is 56.0 Å². The number of hydrogen-bond acceptors (Lipinski definition) is 6. The van der Waals surface area contributed by atoms with Crippen molar-refractivity contribution in [1.82, 2.24) is 0 Å². The zero-order valence-electron chi connectivity index (χ0n) is 29.1. The molecule has 6 nitrogen and oxygen atoms in total. The van der Waals surface area contributed by atoms with Crippen molar-refractivity contribution in [3.8, 4) is 0 Å². The molecule has 0 aromatic heterocycles. The third-order valence-electron chi connectivity index (χ3n) is 0.635. The summed E-state index contributed by atoms with van der Waals surface area (Å²) in [5.41, 5.74) is 0. The molecule has 32 heteroatoms. The first kappa shape index (κ1) is 153. The Kier molecular flexibility index (Phi) is 650. The molecule has 0 amide bonds. The van der Waals surface area contributed by atoms with Crippen LogP contribution in [-0.2, 0) is 29.6 Å². The predicted molar refractivity (Wildman–Crippen MR) is 194 cm³/mol. The van der Waals surface area contributed by atoms with Crippen LogP contribution in [0, 0.1) is 0 Å². The Morgan fingerprint density at radius 1 is 0.311 bits per heavy atom. The van der Waals surface area contributed by atoms with E-state index in [2.05, 4.69) is 29.6 Å². The average Bonchev–Trinajstić information content (AvgIpc) is 3.05. The van der Waals surface area contributed by atoms with E-state index in [1.54, 1.807) is 0 Å². The maximum absolute atomic E-state index is 10.8. The Balaban J connectivity index is -0.0000000121. The number of hydrogen-bond donors (Lipinski definition) is 0. The summed E-state index contributed by atoms with van der Waals surface area (Å²) < 4.78 is 261. The summed E-state index contributed by atoms with van der Waals surface area (Å²) in [7, 11) is 3.83. The third-order valence-corrected chi connectivity index (χ3v) is 0.635. The highest BCUT2D eigenvalue weighted by Crippen LogP contribution is 2.17. The molecule has 0 atom stereocenters. The van der Waals surface area contributed by atoms with Crippen LogP contribution in [0.4, 0.5) is 115 Å². The Morgan fingerprint density at radius 2 is 0.361 bits per heavy atom. The van der Waals surface area contributed by atoms with Crippen molar-refractivity contribution >= 4 is 0 Å². The van der Waals surface area contributed by atoms with Crippen LogP contribution in [0.1, 0.15) is 93.5 Å². The number of alkyl halides is 20. The monoisotopic (exact) mass is 1020 g/mol. The van der Waals surface area contributed by atoms with Crippen LogP contribution < -0.4 is 0 Å². The van der Waals surface area contributed by atoms with Gasteiger partial charge >= 0.3 is 12.4 Å². The van der Waals surface area contributed by atoms with E-state index in [9.17, 15) is 115 Å². The van der Waals surface area contributed by atoms with Crippen LogP contribution in [0.15, 0.2) is 0 Å². The van der Waals surface area contributed by atoms with E-state index in [-0.39, 0.29) is 79.4 Å². The molecule has 0 N–H and O–H groups in total. The first-order valence-electron chi connectivity index (χ1n) is 11.5. The van der Waals surface area contributed by atoms with Crippen LogP contribution in [0.3, 0.4) is 0 Å². The molecule has 0 spiro atoms. The summed E-state index contributed by atoms with van der Waals surface area (Å²) in [5, 5.41) is 0. The molecule has 0 unspecified atom stereocenters. The van der Waals surface area contributed by atoms with Gasteiger partial charge in [0.1, 0.15) is 0 Å². The topological polar surface area (TPSA) is 55.4 Å². The molecule has 0 fully saturated rings. The largest absolute Gasteiger partial charge is 0.416 e. The lowest BCUT2D eigenvalue weighted by Crippen LogP contribution is -2.08. The highest BCUT2D eigenvalue weighted by Gasteiger charge is 2.26. The summed E-state index contributed by atoms with van der Waals surface area (Å²) in [6, 6.07) is 0. The molecule has 0 bridgehead atoms. The molecule has 0 aliphatic heterocycles. The Labute approximate surface area is 347 Å². The fourth-order valence-electron chi connectivity index (χ4n) is 0. The van der Waals surface area contributed by atoms with Gasteiger partial charge in [0.05, 0.1) is 48.5 Å². The lowest BCUT2D eigenvalue weighted by Gasteiger charge is -1.96. The highest BCUT2D eigenvalue weighted by atomic mass is 19.4. The van der Waals surface area contributed by atoms with Gasteiger partial charge in [-0.25, -0.2) is 48.3 Å². The second kappa shape index (κ2) is 259. The Bertz CT molecular complexity index is 286.